The van der Waals surface area contributed by atoms with Crippen molar-refractivity contribution < 1.29 is 19.1 Å². The average Bonchev–Trinajstić information content (AvgIpc) is 3.14. The van der Waals surface area contributed by atoms with Gasteiger partial charge in [0.15, 0.2) is 0 Å². The van der Waals surface area contributed by atoms with Gasteiger partial charge in [0.25, 0.3) is 0 Å². The first-order valence-corrected chi connectivity index (χ1v) is 6.53. The van der Waals surface area contributed by atoms with Crippen molar-refractivity contribution >= 4 is 24.3 Å². The molecule has 14 nitrogen and oxygen atoms in total. The molecule has 132 valence electrons. The van der Waals surface area contributed by atoms with E-state index < -0.39 is 23.3 Å². The summed E-state index contributed by atoms with van der Waals surface area (Å²) in [5.41, 5.74) is -1.46. The number of ether oxygens (including phenoxy) is 2. The summed E-state index contributed by atoms with van der Waals surface area (Å²) in [5, 5.41) is 14.1. The lowest BCUT2D eigenvalue weighted by molar-refractivity contribution is -0.135. The van der Waals surface area contributed by atoms with E-state index in [1.807, 2.05) is 0 Å². The highest BCUT2D eigenvalue weighted by Crippen LogP contribution is 1.84. The fourth-order valence-corrected chi connectivity index (χ4v) is 1.46. The normalized spacial score (nSPS) is 11.3. The predicted octanol–water partition coefficient (Wildman–Crippen LogP) is -3.01. The van der Waals surface area contributed by atoms with E-state index in [2.05, 4.69) is 30.3 Å². The van der Waals surface area contributed by atoms with E-state index in [9.17, 15) is 19.2 Å². The first-order valence-electron chi connectivity index (χ1n) is 6.53. The molecule has 14 heteroatoms. The quantitative estimate of drug-likeness (QED) is 0.387. The Morgan fingerprint density at radius 2 is 1.24 bits per heavy atom. The summed E-state index contributed by atoms with van der Waals surface area (Å²) in [6.07, 6.45) is 4.05. The fraction of sp³-hybridized carbons (Fsp3) is 0.273. The molecule has 0 fully saturated rings. The van der Waals surface area contributed by atoms with Crippen LogP contribution in [0.2, 0.25) is 0 Å². The molecule has 0 bridgehead atoms. The van der Waals surface area contributed by atoms with Crippen molar-refractivity contribution in [3.8, 4) is 0 Å². The van der Waals surface area contributed by atoms with Gasteiger partial charge in [-0.3, -0.25) is 0 Å². The summed E-state index contributed by atoms with van der Waals surface area (Å²) in [5.74, 6) is -1.36. The van der Waals surface area contributed by atoms with Gasteiger partial charge in [0.2, 0.25) is 0 Å². The molecule has 2 heterocycles. The summed E-state index contributed by atoms with van der Waals surface area (Å²) in [4.78, 5) is 46.0. The van der Waals surface area contributed by atoms with Gasteiger partial charge in [-0.2, -0.15) is 18.7 Å². The van der Waals surface area contributed by atoms with Gasteiger partial charge in [-0.05, 0) is 20.9 Å². The molecule has 0 amide bonds. The van der Waals surface area contributed by atoms with Crippen LogP contribution >= 0.6 is 0 Å². The highest BCUT2D eigenvalue weighted by atomic mass is 16.5. The zero-order valence-corrected chi connectivity index (χ0v) is 13.0. The number of carbonyl (C=O) groups is 2. The number of carbonyl (C=O) groups excluding carboxylic acids is 2. The van der Waals surface area contributed by atoms with E-state index in [0.29, 0.717) is 0 Å². The van der Waals surface area contributed by atoms with Crippen molar-refractivity contribution in [1.29, 1.82) is 0 Å². The highest BCUT2D eigenvalue weighted by molar-refractivity contribution is 5.85. The second-order valence-electron chi connectivity index (χ2n) is 4.23. The Morgan fingerprint density at radius 1 is 0.840 bits per heavy atom. The van der Waals surface area contributed by atoms with E-state index >= 15 is 0 Å². The van der Waals surface area contributed by atoms with E-state index in [-0.39, 0.29) is 6.67 Å². The van der Waals surface area contributed by atoms with Crippen LogP contribution in [0.15, 0.2) is 21.7 Å². The first-order chi connectivity index (χ1) is 12.0. The van der Waals surface area contributed by atoms with Crippen LogP contribution in [-0.4, -0.2) is 65.7 Å². The van der Waals surface area contributed by atoms with Crippen LogP contribution in [0.1, 0.15) is 0 Å². The van der Waals surface area contributed by atoms with Crippen molar-refractivity contribution in [1.82, 2.24) is 39.6 Å². The fourth-order valence-electron chi connectivity index (χ4n) is 1.46. The third-order valence-electron chi connectivity index (χ3n) is 2.70. The van der Waals surface area contributed by atoms with Crippen LogP contribution < -0.4 is 11.4 Å². The Hall–Kier alpha value is -3.84. The number of esters is 2. The van der Waals surface area contributed by atoms with Gasteiger partial charge < -0.3 is 9.47 Å². The Kier molecular flexibility index (Phi) is 5.34. The molecule has 0 saturated heterocycles. The van der Waals surface area contributed by atoms with E-state index in [4.69, 9.17) is 0 Å². The molecule has 0 saturated carbocycles. The molecule has 0 aromatic carbocycles. The number of aromatic nitrogens is 8. The molecule has 25 heavy (non-hydrogen) atoms. The van der Waals surface area contributed by atoms with Gasteiger partial charge in [-0.15, -0.1) is 0 Å². The van der Waals surface area contributed by atoms with Gasteiger partial charge in [-0.25, -0.2) is 19.2 Å². The maximum absolute atomic E-state index is 12.0. The van der Waals surface area contributed by atoms with Crippen LogP contribution in [-0.2, 0) is 25.7 Å². The first kappa shape index (κ1) is 17.5. The molecule has 0 unspecified atom stereocenters. The average molecular weight is 352 g/mol. The van der Waals surface area contributed by atoms with Crippen molar-refractivity contribution in [2.45, 2.75) is 6.67 Å². The standard InChI is InChI=1S/C11H12N8O6/c1-24-8(20)3-5-16-10(22)18(14-12-16)7-19-11(23)17(13-15-19)6-4-9(21)25-2/h3-6H,7H2,1-2H3/b5-3+,6-4+. The molecular formula is C11H12N8O6. The van der Waals surface area contributed by atoms with Crippen LogP contribution in [0.3, 0.4) is 0 Å². The third kappa shape index (κ3) is 4.12. The molecule has 2 aromatic heterocycles. The zero-order valence-electron chi connectivity index (χ0n) is 13.0. The molecule has 0 aliphatic heterocycles. The molecule has 2 aromatic rings. The molecule has 0 aliphatic rings. The van der Waals surface area contributed by atoms with Crippen molar-refractivity contribution in [3.05, 3.63) is 33.1 Å². The van der Waals surface area contributed by atoms with Gasteiger partial charge in [0.05, 0.1) is 14.2 Å². The minimum absolute atomic E-state index is 0.379. The number of hydrogen-bond acceptors (Lipinski definition) is 10. The molecular weight excluding hydrogens is 340 g/mol. The van der Waals surface area contributed by atoms with E-state index in [0.717, 1.165) is 43.3 Å². The van der Waals surface area contributed by atoms with Crippen LogP contribution in [0.25, 0.3) is 12.4 Å². The maximum atomic E-state index is 12.0. The largest absolute Gasteiger partial charge is 0.466 e. The summed E-state index contributed by atoms with van der Waals surface area (Å²) >= 11 is 0. The minimum Gasteiger partial charge on any atom is -0.466 e. The second kappa shape index (κ2) is 7.62. The Balaban J connectivity index is 2.19. The third-order valence-corrected chi connectivity index (χ3v) is 2.70. The SMILES string of the molecule is COC(=O)/C=C/n1nnn(Cn2nnn(/C=C/C(=O)OC)c2=O)c1=O. The molecule has 0 N–H and O–H groups in total. The van der Waals surface area contributed by atoms with E-state index in [1.54, 1.807) is 0 Å². The Labute approximate surface area is 138 Å². The van der Waals surface area contributed by atoms with Crippen LogP contribution in [0.4, 0.5) is 0 Å². The Morgan fingerprint density at radius 3 is 1.60 bits per heavy atom. The summed E-state index contributed by atoms with van der Waals surface area (Å²) < 4.78 is 11.9. The molecule has 0 aliphatic carbocycles. The summed E-state index contributed by atoms with van der Waals surface area (Å²) in [6, 6.07) is 0. The monoisotopic (exact) mass is 352 g/mol. The van der Waals surface area contributed by atoms with Crippen LogP contribution in [0, 0.1) is 0 Å². The number of tetrazole rings is 2. The minimum atomic E-state index is -0.730. The van der Waals surface area contributed by atoms with Gasteiger partial charge in [-0.1, -0.05) is 0 Å². The maximum Gasteiger partial charge on any atom is 0.369 e. The molecule has 0 radical (unpaired) electrons. The van der Waals surface area contributed by atoms with Crippen LogP contribution in [0.5, 0.6) is 0 Å². The lowest BCUT2D eigenvalue weighted by atomic mass is 10.6. The van der Waals surface area contributed by atoms with Crippen molar-refractivity contribution in [2.24, 2.45) is 0 Å². The van der Waals surface area contributed by atoms with Gasteiger partial charge in [0.1, 0.15) is 6.67 Å². The smallest absolute Gasteiger partial charge is 0.369 e. The van der Waals surface area contributed by atoms with Gasteiger partial charge in [0, 0.05) is 24.6 Å². The number of nitrogens with zero attached hydrogens (tertiary/aromatic N) is 8. The summed E-state index contributed by atoms with van der Waals surface area (Å²) in [6.45, 7) is -0.379. The zero-order chi connectivity index (χ0) is 18.4. The topological polar surface area (TPSA) is 158 Å². The van der Waals surface area contributed by atoms with E-state index in [1.165, 1.54) is 14.2 Å². The summed E-state index contributed by atoms with van der Waals surface area (Å²) in [7, 11) is 2.35. The van der Waals surface area contributed by atoms with Crippen molar-refractivity contribution in [3.63, 3.8) is 0 Å². The Bertz CT molecular complexity index is 868. The lowest BCUT2D eigenvalue weighted by Crippen LogP contribution is -2.31. The van der Waals surface area contributed by atoms with Crippen molar-refractivity contribution in [2.75, 3.05) is 14.2 Å². The number of rotatable bonds is 6. The predicted molar refractivity (Wildman–Crippen MR) is 78.7 cm³/mol. The number of methoxy groups -OCH3 is 2. The molecule has 2 rings (SSSR count). The number of hydrogen-bond donors (Lipinski definition) is 0. The molecule has 0 spiro atoms. The molecule has 0 atom stereocenters. The van der Waals surface area contributed by atoms with Gasteiger partial charge >= 0.3 is 23.3 Å². The lowest BCUT2D eigenvalue weighted by Gasteiger charge is -1.95. The second-order valence-corrected chi connectivity index (χ2v) is 4.23. The highest BCUT2D eigenvalue weighted by Gasteiger charge is 2.10.